The number of carbonyl (C=O) groups is 4. The molecule has 0 unspecified atom stereocenters. The molecular formula is C47H68N6O13. The number of hydrogen-bond acceptors (Lipinski definition) is 16. The number of nitrogens with zero attached hydrogens (tertiary/aromatic N) is 6. The molecule has 0 bridgehead atoms. The summed E-state index contributed by atoms with van der Waals surface area (Å²) in [5.74, 6) is -5.17. The van der Waals surface area contributed by atoms with E-state index in [1.165, 1.54) is 32.4 Å². The number of Topliss-reactive ketones (excluding diaryl/α,β-unsaturated/α-hetero) is 2. The van der Waals surface area contributed by atoms with Crippen molar-refractivity contribution >= 4 is 29.5 Å². The number of ether oxygens (including phenoxy) is 5. The van der Waals surface area contributed by atoms with Crippen LogP contribution in [0.25, 0.3) is 11.3 Å². The van der Waals surface area contributed by atoms with Crippen molar-refractivity contribution < 1.29 is 57.3 Å². The Kier molecular flexibility index (Phi) is 17.4. The molecule has 6 heterocycles. The van der Waals surface area contributed by atoms with Gasteiger partial charge in [-0.25, -0.2) is 9.78 Å². The number of ketones is 2. The number of methoxy groups -OCH3 is 1. The maximum absolute atomic E-state index is 14.7. The van der Waals surface area contributed by atoms with Gasteiger partial charge in [-0.15, -0.1) is 0 Å². The van der Waals surface area contributed by atoms with Crippen LogP contribution in [0.4, 0.5) is 10.7 Å². The van der Waals surface area contributed by atoms with Gasteiger partial charge in [0.15, 0.2) is 17.7 Å². The lowest BCUT2D eigenvalue weighted by molar-refractivity contribution is -0.402. The number of pyridine rings is 1. The molecule has 0 saturated carbocycles. The molecule has 1 amide bonds. The van der Waals surface area contributed by atoms with E-state index in [1.54, 1.807) is 51.3 Å². The van der Waals surface area contributed by atoms with Crippen LogP contribution in [-0.2, 0) is 44.6 Å². The second kappa shape index (κ2) is 22.1. The Hall–Kier alpha value is -5.08. The molecule has 6 rings (SSSR count). The van der Waals surface area contributed by atoms with Crippen LogP contribution in [0.2, 0.25) is 0 Å². The number of likely N-dealkylation sites (N-methyl/N-ethyl adjacent to an activating group) is 1. The van der Waals surface area contributed by atoms with Gasteiger partial charge in [-0.3, -0.25) is 29.5 Å². The van der Waals surface area contributed by atoms with Crippen LogP contribution in [0, 0.1) is 33.8 Å². The van der Waals surface area contributed by atoms with Gasteiger partial charge >= 0.3 is 17.9 Å². The zero-order valence-electron chi connectivity index (χ0n) is 40.0. The Morgan fingerprint density at radius 3 is 2.32 bits per heavy atom. The Morgan fingerprint density at radius 2 is 1.73 bits per heavy atom. The Balaban J connectivity index is 0.000000920. The van der Waals surface area contributed by atoms with Crippen molar-refractivity contribution in [1.82, 2.24) is 24.3 Å². The average Bonchev–Trinajstić information content (AvgIpc) is 4.06. The minimum Gasteiger partial charge on any atom is -0.458 e. The lowest BCUT2D eigenvalue weighted by Gasteiger charge is -2.47. The monoisotopic (exact) mass is 924 g/mol. The number of imidazole rings is 1. The minimum absolute atomic E-state index is 0.130. The van der Waals surface area contributed by atoms with Crippen LogP contribution >= 0.6 is 0 Å². The number of hydrogen-bond donors (Lipinski definition) is 1. The topological polar surface area (TPSA) is 228 Å². The van der Waals surface area contributed by atoms with Gasteiger partial charge in [-0.05, 0) is 92.1 Å². The van der Waals surface area contributed by atoms with Crippen molar-refractivity contribution in [2.45, 2.75) is 148 Å². The summed E-state index contributed by atoms with van der Waals surface area (Å²) in [5.41, 5.74) is -0.938. The zero-order valence-corrected chi connectivity index (χ0v) is 40.0. The number of esters is 1. The van der Waals surface area contributed by atoms with Gasteiger partial charge in [-0.1, -0.05) is 27.7 Å². The maximum Gasteiger partial charge on any atom is 0.432 e. The Morgan fingerprint density at radius 1 is 1.02 bits per heavy atom. The van der Waals surface area contributed by atoms with Gasteiger partial charge < -0.3 is 47.6 Å². The molecule has 364 valence electrons. The second-order valence-corrected chi connectivity index (χ2v) is 18.5. The molecule has 0 radical (unpaired) electrons. The first-order valence-corrected chi connectivity index (χ1v) is 22.7. The van der Waals surface area contributed by atoms with Crippen LogP contribution in [0.5, 0.6) is 0 Å². The smallest absolute Gasteiger partial charge is 0.432 e. The summed E-state index contributed by atoms with van der Waals surface area (Å²) in [7, 11) is 5.24. The van der Waals surface area contributed by atoms with Crippen molar-refractivity contribution in [3.05, 3.63) is 65.6 Å². The molecule has 19 heteroatoms. The molecule has 0 aliphatic carbocycles. The lowest BCUT2D eigenvalue weighted by atomic mass is 9.73. The fourth-order valence-corrected chi connectivity index (χ4v) is 9.81. The number of carbonyl (C=O) groups excluding carboxylic acids is 4. The number of nitro groups is 1. The van der Waals surface area contributed by atoms with Gasteiger partial charge in [-0.2, -0.15) is 0 Å². The number of aliphatic hydroxyl groups is 1. The van der Waals surface area contributed by atoms with E-state index in [1.807, 2.05) is 62.7 Å². The van der Waals surface area contributed by atoms with E-state index in [0.29, 0.717) is 32.4 Å². The third-order valence-corrected chi connectivity index (χ3v) is 13.5. The zero-order chi connectivity index (χ0) is 48.7. The molecule has 1 N–H and O–H groups in total. The number of fused-ring (bicyclic) bond motifs is 1. The molecule has 0 spiro atoms. The maximum atomic E-state index is 14.7. The third kappa shape index (κ3) is 11.5. The molecule has 13 atom stereocenters. The number of rotatable bonds is 12. The summed E-state index contributed by atoms with van der Waals surface area (Å²) in [6.45, 7) is 14.9. The molecule has 3 aromatic heterocycles. The largest absolute Gasteiger partial charge is 0.458 e. The highest BCUT2D eigenvalue weighted by Gasteiger charge is 2.60. The minimum atomic E-state index is -1.40. The van der Waals surface area contributed by atoms with Crippen molar-refractivity contribution in [3.8, 4) is 11.3 Å². The van der Waals surface area contributed by atoms with E-state index in [0.717, 1.165) is 11.3 Å². The summed E-state index contributed by atoms with van der Waals surface area (Å²) < 4.78 is 37.6. The highest BCUT2D eigenvalue weighted by molar-refractivity contribution is 6.00. The van der Waals surface area contributed by atoms with Crippen LogP contribution < -0.4 is 0 Å². The van der Waals surface area contributed by atoms with Crippen molar-refractivity contribution in [2.24, 2.45) is 23.7 Å². The fraction of sp³-hybridized carbons (Fsp3) is 0.660. The van der Waals surface area contributed by atoms with E-state index in [9.17, 15) is 34.4 Å². The van der Waals surface area contributed by atoms with E-state index >= 15 is 0 Å². The standard InChI is InChI=1S/C43H65N5O10.C4H3NO3/c1-12-33-43(8)37(48(41(53)58-43)19-14-13-18-47-23-31(45-24-47)30-16-15-17-44-22-30)27(4)34(49)25(2)21-42(7,54-11)38(28(5)35(50)29(6)39(52)56-33)57-40-36(51)32(46(9)10)20-26(3)55-40;6-5(7)4-2-1-3-8-4/h15-17,22-29,32-33,36-38,40,51H,12-14,18-21H2,1-11H3;1-3H/t25-,26-,27+,28+,29-,32+,33-,36-,37-,38-,40+,42-,43-;/m1./s1. The van der Waals surface area contributed by atoms with Crippen molar-refractivity contribution in [1.29, 1.82) is 0 Å². The van der Waals surface area contributed by atoms with Gasteiger partial charge in [0.05, 0.1) is 48.2 Å². The molecule has 3 aromatic rings. The van der Waals surface area contributed by atoms with E-state index in [4.69, 9.17) is 23.7 Å². The number of aromatic nitrogens is 3. The summed E-state index contributed by atoms with van der Waals surface area (Å²) in [6.07, 6.45) is 5.72. The van der Waals surface area contributed by atoms with Gasteiger partial charge in [0.1, 0.15) is 28.8 Å². The highest BCUT2D eigenvalue weighted by atomic mass is 16.7. The Bertz CT molecular complexity index is 2100. The normalized spacial score (nSPS) is 33.3. The third-order valence-electron chi connectivity index (χ3n) is 13.5. The van der Waals surface area contributed by atoms with E-state index < -0.39 is 88.3 Å². The number of amides is 1. The highest BCUT2D eigenvalue weighted by Crippen LogP contribution is 2.43. The van der Waals surface area contributed by atoms with Crippen molar-refractivity contribution in [2.75, 3.05) is 27.7 Å². The van der Waals surface area contributed by atoms with Gasteiger partial charge in [0.2, 0.25) is 0 Å². The summed E-state index contributed by atoms with van der Waals surface area (Å²) in [6, 6.07) is 5.51. The Labute approximate surface area is 386 Å². The van der Waals surface area contributed by atoms with Gasteiger partial charge in [0.25, 0.3) is 0 Å². The molecule has 3 fully saturated rings. The van der Waals surface area contributed by atoms with Crippen LogP contribution in [0.15, 0.2) is 59.9 Å². The predicted molar refractivity (Wildman–Crippen MR) is 240 cm³/mol. The number of cyclic esters (lactones) is 1. The molecular weight excluding hydrogens is 857 g/mol. The summed E-state index contributed by atoms with van der Waals surface area (Å²) in [4.78, 5) is 78.2. The molecule has 66 heavy (non-hydrogen) atoms. The van der Waals surface area contributed by atoms with Crippen LogP contribution in [0.3, 0.4) is 0 Å². The molecule has 3 aliphatic heterocycles. The quantitative estimate of drug-likeness (QED) is 0.0710. The van der Waals surface area contributed by atoms with Gasteiger partial charge in [0, 0.05) is 68.1 Å². The SMILES string of the molecule is CC[C@H]1OC(=O)[C@H](C)C(=O)[C@H](C)[C@@H](O[C@@H]2O[C@H](C)C[C@H](N(C)C)[C@H]2O)[C@](C)(OC)C[C@@H](C)C(=O)[C@H](C)[C@H]2N(CCCCn3cnc(-c4cccnc4)c3)C(=O)O[C@]12C.O=[N+]([O-])c1ccco1. The van der Waals surface area contributed by atoms with Crippen LogP contribution in [0.1, 0.15) is 87.5 Å². The summed E-state index contributed by atoms with van der Waals surface area (Å²) >= 11 is 0. The summed E-state index contributed by atoms with van der Waals surface area (Å²) in [5, 5.41) is 21.2. The first-order chi connectivity index (χ1) is 31.2. The number of aryl methyl sites for hydroxylation is 1. The van der Waals surface area contributed by atoms with Crippen molar-refractivity contribution in [3.63, 3.8) is 0 Å². The first-order valence-electron chi connectivity index (χ1n) is 22.7. The molecule has 0 aromatic carbocycles. The van der Waals surface area contributed by atoms with E-state index in [-0.39, 0.29) is 36.7 Å². The first kappa shape index (κ1) is 51.9. The predicted octanol–water partition coefficient (Wildman–Crippen LogP) is 6.12. The lowest BCUT2D eigenvalue weighted by Crippen LogP contribution is -2.60. The number of furan rings is 1. The molecule has 3 aliphatic rings. The fourth-order valence-electron chi connectivity index (χ4n) is 9.81. The molecule has 3 saturated heterocycles. The molecule has 19 nitrogen and oxygen atoms in total. The second-order valence-electron chi connectivity index (χ2n) is 18.5. The van der Waals surface area contributed by atoms with E-state index in [2.05, 4.69) is 14.4 Å². The number of unbranched alkanes of at least 4 members (excludes halogenated alkanes) is 1. The van der Waals surface area contributed by atoms with Crippen LogP contribution in [-0.4, -0.2) is 140 Å². The number of aliphatic hydroxyl groups excluding tert-OH is 1. The average molecular weight is 925 g/mol.